The number of benzene rings is 3. The summed E-state index contributed by atoms with van der Waals surface area (Å²) in [6.07, 6.45) is 0. The third-order valence-corrected chi connectivity index (χ3v) is 5.00. The molecule has 3 aromatic carbocycles. The van der Waals surface area contributed by atoms with Crippen LogP contribution in [0, 0.1) is 0 Å². The Morgan fingerprint density at radius 2 is 1.12 bits per heavy atom. The zero-order chi connectivity index (χ0) is 24.2. The van der Waals surface area contributed by atoms with Crippen LogP contribution in [-0.4, -0.2) is 46.3 Å². The number of hydrogen-bond acceptors (Lipinski definition) is 5. The summed E-state index contributed by atoms with van der Waals surface area (Å²) in [6, 6.07) is 17.8. The molecule has 10 nitrogen and oxygen atoms in total. The van der Waals surface area contributed by atoms with Gasteiger partial charge in [-0.25, -0.2) is 9.59 Å². The number of carboxylic acid groups (broad SMARTS) is 1. The number of amides is 5. The van der Waals surface area contributed by atoms with Crippen LogP contribution in [0.4, 0.5) is 21.9 Å². The number of nitrogens with one attached hydrogen (secondary N) is 3. The van der Waals surface area contributed by atoms with E-state index in [2.05, 4.69) is 16.0 Å². The molecule has 0 spiro atoms. The van der Waals surface area contributed by atoms with Crippen LogP contribution in [0.3, 0.4) is 0 Å². The van der Waals surface area contributed by atoms with Gasteiger partial charge in [-0.1, -0.05) is 12.1 Å². The van der Waals surface area contributed by atoms with Crippen molar-refractivity contribution in [1.29, 1.82) is 0 Å². The first-order chi connectivity index (χ1) is 16.3. The van der Waals surface area contributed by atoms with Crippen molar-refractivity contribution in [3.8, 4) is 0 Å². The molecule has 0 atom stereocenters. The van der Waals surface area contributed by atoms with Crippen molar-refractivity contribution in [2.45, 2.75) is 0 Å². The van der Waals surface area contributed by atoms with Crippen molar-refractivity contribution in [1.82, 2.24) is 4.90 Å². The number of carbonyl (C=O) groups excluding carboxylic acids is 4. The normalized spacial score (nSPS) is 12.2. The van der Waals surface area contributed by atoms with Gasteiger partial charge in [0.25, 0.3) is 11.8 Å². The molecule has 1 aliphatic rings. The predicted molar refractivity (Wildman–Crippen MR) is 123 cm³/mol. The first-order valence-corrected chi connectivity index (χ1v) is 10.1. The maximum atomic E-state index is 12.4. The Bertz CT molecular complexity index is 1270. The van der Waals surface area contributed by atoms with Gasteiger partial charge >= 0.3 is 12.0 Å². The molecule has 5 amide bonds. The van der Waals surface area contributed by atoms with Gasteiger partial charge in [-0.05, 0) is 60.7 Å². The van der Waals surface area contributed by atoms with Crippen molar-refractivity contribution in [2.75, 3.05) is 22.5 Å². The smallest absolute Gasteiger partial charge is 0.335 e. The second-order valence-corrected chi connectivity index (χ2v) is 7.33. The molecule has 0 aliphatic carbocycles. The predicted octanol–water partition coefficient (Wildman–Crippen LogP) is 3.26. The zero-order valence-electron chi connectivity index (χ0n) is 17.6. The minimum atomic E-state index is -1.06. The van der Waals surface area contributed by atoms with Gasteiger partial charge in [0.15, 0.2) is 0 Å². The average molecular weight is 458 g/mol. The van der Waals surface area contributed by atoms with E-state index in [1.807, 2.05) is 0 Å². The van der Waals surface area contributed by atoms with Crippen LogP contribution < -0.4 is 16.0 Å². The molecule has 34 heavy (non-hydrogen) atoms. The van der Waals surface area contributed by atoms with Gasteiger partial charge in [-0.2, -0.15) is 0 Å². The lowest BCUT2D eigenvalue weighted by atomic mass is 10.1. The van der Waals surface area contributed by atoms with E-state index in [0.29, 0.717) is 17.1 Å². The molecule has 0 saturated heterocycles. The van der Waals surface area contributed by atoms with Gasteiger partial charge in [0, 0.05) is 17.1 Å². The van der Waals surface area contributed by atoms with E-state index < -0.39 is 36.3 Å². The van der Waals surface area contributed by atoms with Gasteiger partial charge in [0.2, 0.25) is 5.91 Å². The Morgan fingerprint density at radius 1 is 0.676 bits per heavy atom. The summed E-state index contributed by atoms with van der Waals surface area (Å²) in [5, 5.41) is 16.7. The van der Waals surface area contributed by atoms with Gasteiger partial charge in [-0.3, -0.25) is 19.3 Å². The monoisotopic (exact) mass is 458 g/mol. The summed E-state index contributed by atoms with van der Waals surface area (Å²) in [5.74, 6) is -2.64. The number of imide groups is 1. The van der Waals surface area contributed by atoms with Crippen molar-refractivity contribution in [3.05, 3.63) is 89.5 Å². The van der Waals surface area contributed by atoms with Crippen LogP contribution in [0.2, 0.25) is 0 Å². The number of carbonyl (C=O) groups is 5. The third kappa shape index (κ3) is 4.75. The molecule has 0 fully saturated rings. The van der Waals surface area contributed by atoms with E-state index >= 15 is 0 Å². The fourth-order valence-corrected chi connectivity index (χ4v) is 3.35. The molecule has 1 heterocycles. The van der Waals surface area contributed by atoms with E-state index in [-0.39, 0.29) is 16.7 Å². The van der Waals surface area contributed by atoms with E-state index in [0.717, 1.165) is 4.90 Å². The molecule has 0 unspecified atom stereocenters. The Morgan fingerprint density at radius 3 is 1.59 bits per heavy atom. The van der Waals surface area contributed by atoms with Crippen molar-refractivity contribution in [3.63, 3.8) is 0 Å². The number of rotatable bonds is 6. The van der Waals surface area contributed by atoms with Gasteiger partial charge in [0.05, 0.1) is 16.7 Å². The number of carboxylic acids is 1. The van der Waals surface area contributed by atoms with Crippen LogP contribution in [0.1, 0.15) is 31.1 Å². The lowest BCUT2D eigenvalue weighted by molar-refractivity contribution is -0.116. The minimum Gasteiger partial charge on any atom is -0.478 e. The number of urea groups is 1. The molecule has 0 aromatic heterocycles. The highest BCUT2D eigenvalue weighted by atomic mass is 16.4. The molecular weight excluding hydrogens is 440 g/mol. The molecule has 4 rings (SSSR count). The number of fused-ring (bicyclic) bond motifs is 1. The quantitative estimate of drug-likeness (QED) is 0.417. The third-order valence-electron chi connectivity index (χ3n) is 5.00. The summed E-state index contributed by atoms with van der Waals surface area (Å²) in [5.41, 5.74) is 1.92. The molecule has 4 N–H and O–H groups in total. The van der Waals surface area contributed by atoms with Gasteiger partial charge < -0.3 is 21.1 Å². The zero-order valence-corrected chi connectivity index (χ0v) is 17.6. The lowest BCUT2D eigenvalue weighted by Gasteiger charge is -2.14. The maximum Gasteiger partial charge on any atom is 0.335 e. The Kier molecular flexibility index (Phi) is 6.04. The van der Waals surface area contributed by atoms with Crippen LogP contribution >= 0.6 is 0 Å². The summed E-state index contributed by atoms with van der Waals surface area (Å²) in [4.78, 5) is 61.0. The summed E-state index contributed by atoms with van der Waals surface area (Å²) >= 11 is 0. The Balaban J connectivity index is 1.30. The average Bonchev–Trinajstić information content (AvgIpc) is 3.05. The highest BCUT2D eigenvalue weighted by Crippen LogP contribution is 2.22. The molecule has 1 aliphatic heterocycles. The van der Waals surface area contributed by atoms with Crippen LogP contribution in [0.15, 0.2) is 72.8 Å². The SMILES string of the molecule is O=C(CN1C(=O)c2ccccc2C1=O)Nc1ccc(NC(=O)Nc2ccc(C(=O)O)cc2)cc1. The van der Waals surface area contributed by atoms with Crippen molar-refractivity contribution < 1.29 is 29.1 Å². The van der Waals surface area contributed by atoms with Crippen LogP contribution in [0.25, 0.3) is 0 Å². The second-order valence-electron chi connectivity index (χ2n) is 7.33. The van der Waals surface area contributed by atoms with E-state index in [9.17, 15) is 24.0 Å². The minimum absolute atomic E-state index is 0.103. The second kappa shape index (κ2) is 9.25. The molecule has 0 radical (unpaired) electrons. The largest absolute Gasteiger partial charge is 0.478 e. The maximum absolute atomic E-state index is 12.4. The first-order valence-electron chi connectivity index (χ1n) is 10.1. The topological polar surface area (TPSA) is 145 Å². The number of aromatic carboxylic acids is 1. The van der Waals surface area contributed by atoms with E-state index in [4.69, 9.17) is 5.11 Å². The summed E-state index contributed by atoms with van der Waals surface area (Å²) in [6.45, 7) is -0.421. The van der Waals surface area contributed by atoms with Crippen molar-refractivity contribution >= 4 is 46.8 Å². The first kappa shape index (κ1) is 22.2. The van der Waals surface area contributed by atoms with Gasteiger partial charge in [0.1, 0.15) is 6.54 Å². The number of anilines is 3. The number of nitrogens with zero attached hydrogens (tertiary/aromatic N) is 1. The van der Waals surface area contributed by atoms with Crippen molar-refractivity contribution in [2.24, 2.45) is 0 Å². The molecule has 10 heteroatoms. The number of hydrogen-bond donors (Lipinski definition) is 4. The van der Waals surface area contributed by atoms with E-state index in [1.54, 1.807) is 48.5 Å². The van der Waals surface area contributed by atoms with Gasteiger partial charge in [-0.15, -0.1) is 0 Å². The molecular formula is C24H18N4O6. The highest BCUT2D eigenvalue weighted by molar-refractivity contribution is 6.22. The Hall–Kier alpha value is -4.99. The Labute approximate surface area is 193 Å². The molecule has 3 aromatic rings. The van der Waals surface area contributed by atoms with E-state index in [1.165, 1.54) is 24.3 Å². The van der Waals surface area contributed by atoms with Crippen LogP contribution in [0.5, 0.6) is 0 Å². The molecule has 0 bridgehead atoms. The molecule has 170 valence electrons. The highest BCUT2D eigenvalue weighted by Gasteiger charge is 2.36. The summed E-state index contributed by atoms with van der Waals surface area (Å²) in [7, 11) is 0. The molecule has 0 saturated carbocycles. The van der Waals surface area contributed by atoms with Crippen LogP contribution in [-0.2, 0) is 4.79 Å². The lowest BCUT2D eigenvalue weighted by Crippen LogP contribution is -2.37. The standard InChI is InChI=1S/C24H18N4O6/c29-20(13-28-21(30)18-3-1-2-4-19(18)22(28)31)25-15-9-11-17(12-10-15)27-24(34)26-16-7-5-14(6-8-16)23(32)33/h1-12H,13H2,(H,25,29)(H,32,33)(H2,26,27,34). The summed E-state index contributed by atoms with van der Waals surface area (Å²) < 4.78 is 0. The fraction of sp³-hybridized carbons (Fsp3) is 0.0417. The fourth-order valence-electron chi connectivity index (χ4n) is 3.35.